The van der Waals surface area contributed by atoms with E-state index < -0.39 is 41.6 Å². The lowest BCUT2D eigenvalue weighted by molar-refractivity contribution is -0.133. The van der Waals surface area contributed by atoms with Gasteiger partial charge in [0.05, 0.1) is 5.69 Å². The van der Waals surface area contributed by atoms with E-state index in [4.69, 9.17) is 0 Å². The lowest BCUT2D eigenvalue weighted by Crippen LogP contribution is -2.42. The van der Waals surface area contributed by atoms with Gasteiger partial charge in [-0.1, -0.05) is 0 Å². The number of nitrogens with one attached hydrogen (secondary N) is 2. The Hall–Kier alpha value is -3.30. The second-order valence-electron chi connectivity index (χ2n) is 6.41. The smallest absolute Gasteiger partial charge is 0.319 e. The molecule has 4 amide bonds. The number of aromatic nitrogens is 2. The molecule has 1 saturated heterocycles. The Morgan fingerprint density at radius 1 is 1.30 bits per heavy atom. The van der Waals surface area contributed by atoms with Crippen LogP contribution in [0.1, 0.15) is 18.2 Å². The molecule has 0 bridgehead atoms. The molecule has 0 radical (unpaired) electrons. The number of halogens is 2. The molecule has 1 unspecified atom stereocenters. The molecule has 0 spiro atoms. The summed E-state index contributed by atoms with van der Waals surface area (Å²) in [5.41, 5.74) is -1.45. The van der Waals surface area contributed by atoms with Crippen LogP contribution in [-0.4, -0.2) is 39.1 Å². The molecule has 27 heavy (non-hydrogen) atoms. The van der Waals surface area contributed by atoms with Gasteiger partial charge in [-0.2, -0.15) is 5.10 Å². The van der Waals surface area contributed by atoms with E-state index in [0.29, 0.717) is 16.4 Å². The van der Waals surface area contributed by atoms with Crippen molar-refractivity contribution < 1.29 is 23.2 Å². The molecule has 8 nitrogen and oxygen atoms in total. The lowest BCUT2D eigenvalue weighted by Gasteiger charge is -2.22. The molecule has 2 aromatic rings. The van der Waals surface area contributed by atoms with Crippen LogP contribution in [0.25, 0.3) is 0 Å². The average molecular weight is 377 g/mol. The SMILES string of the molecule is Cc1cc(NC(=O)CN2C(=O)NC(C)(c3cc(F)ccc3F)C2=O)n(C)n1. The Bertz CT molecular complexity index is 958. The number of carbonyl (C=O) groups excluding carboxylic acids is 3. The normalized spacial score (nSPS) is 19.4. The molecule has 1 aliphatic rings. The Labute approximate surface area is 153 Å². The predicted molar refractivity (Wildman–Crippen MR) is 90.5 cm³/mol. The van der Waals surface area contributed by atoms with Crippen molar-refractivity contribution in [2.45, 2.75) is 19.4 Å². The maximum absolute atomic E-state index is 14.1. The molecule has 1 aromatic carbocycles. The third-order valence-corrected chi connectivity index (χ3v) is 4.31. The zero-order chi connectivity index (χ0) is 19.9. The van der Waals surface area contributed by atoms with Crippen molar-refractivity contribution in [1.29, 1.82) is 0 Å². The molecule has 2 N–H and O–H groups in total. The Morgan fingerprint density at radius 2 is 2.00 bits per heavy atom. The van der Waals surface area contributed by atoms with E-state index in [0.717, 1.165) is 18.2 Å². The number of nitrogens with zero attached hydrogens (tertiary/aromatic N) is 3. The van der Waals surface area contributed by atoms with Gasteiger partial charge in [0.25, 0.3) is 5.91 Å². The fourth-order valence-corrected chi connectivity index (χ4v) is 2.96. The summed E-state index contributed by atoms with van der Waals surface area (Å²) in [6.07, 6.45) is 0. The molecule has 2 heterocycles. The molecule has 1 atom stereocenters. The van der Waals surface area contributed by atoms with Crippen molar-refractivity contribution in [3.8, 4) is 0 Å². The standard InChI is InChI=1S/C17H17F2N5O3/c1-9-6-13(23(3)22-9)20-14(25)8-24-15(26)17(2,21-16(24)27)11-7-10(18)4-5-12(11)19/h4-7H,8H2,1-3H3,(H,20,25)(H,21,27). The number of aryl methyl sites for hydroxylation is 2. The number of carbonyl (C=O) groups is 3. The lowest BCUT2D eigenvalue weighted by atomic mass is 9.91. The van der Waals surface area contributed by atoms with Gasteiger partial charge in [0.1, 0.15) is 29.5 Å². The zero-order valence-electron chi connectivity index (χ0n) is 14.8. The van der Waals surface area contributed by atoms with E-state index in [-0.39, 0.29) is 5.56 Å². The molecule has 0 saturated carbocycles. The second kappa shape index (κ2) is 6.45. The highest BCUT2D eigenvalue weighted by molar-refractivity contribution is 6.10. The summed E-state index contributed by atoms with van der Waals surface area (Å²) in [6.45, 7) is 2.42. The maximum atomic E-state index is 14.1. The fourth-order valence-electron chi connectivity index (χ4n) is 2.96. The van der Waals surface area contributed by atoms with E-state index in [9.17, 15) is 23.2 Å². The first-order valence-corrected chi connectivity index (χ1v) is 8.02. The fraction of sp³-hybridized carbons (Fsp3) is 0.294. The summed E-state index contributed by atoms with van der Waals surface area (Å²) >= 11 is 0. The first-order chi connectivity index (χ1) is 12.6. The van der Waals surface area contributed by atoms with Gasteiger partial charge in [-0.05, 0) is 32.0 Å². The number of urea groups is 1. The highest BCUT2D eigenvalue weighted by atomic mass is 19.1. The minimum atomic E-state index is -1.81. The van der Waals surface area contributed by atoms with E-state index in [1.807, 2.05) is 0 Å². The molecule has 1 aromatic heterocycles. The van der Waals surface area contributed by atoms with Crippen molar-refractivity contribution in [3.05, 3.63) is 47.2 Å². The molecule has 0 aliphatic carbocycles. The summed E-state index contributed by atoms with van der Waals surface area (Å²) in [7, 11) is 1.63. The highest BCUT2D eigenvalue weighted by Gasteiger charge is 2.50. The van der Waals surface area contributed by atoms with Crippen LogP contribution in [0.15, 0.2) is 24.3 Å². The molecule has 3 rings (SSSR count). The van der Waals surface area contributed by atoms with Gasteiger partial charge >= 0.3 is 6.03 Å². The quantitative estimate of drug-likeness (QED) is 0.788. The molecule has 1 fully saturated rings. The summed E-state index contributed by atoms with van der Waals surface area (Å²) < 4.78 is 29.1. The number of amides is 4. The summed E-state index contributed by atoms with van der Waals surface area (Å²) in [5.74, 6) is -2.69. The van der Waals surface area contributed by atoms with E-state index >= 15 is 0 Å². The Morgan fingerprint density at radius 3 is 2.63 bits per heavy atom. The van der Waals surface area contributed by atoms with Crippen molar-refractivity contribution in [2.24, 2.45) is 7.05 Å². The monoisotopic (exact) mass is 377 g/mol. The van der Waals surface area contributed by atoms with Crippen LogP contribution in [0.2, 0.25) is 0 Å². The summed E-state index contributed by atoms with van der Waals surface area (Å²) in [4.78, 5) is 37.8. The Balaban J connectivity index is 1.80. The maximum Gasteiger partial charge on any atom is 0.325 e. The van der Waals surface area contributed by atoms with Crippen LogP contribution in [0.5, 0.6) is 0 Å². The van der Waals surface area contributed by atoms with Crippen molar-refractivity contribution >= 4 is 23.7 Å². The molecular weight excluding hydrogens is 360 g/mol. The summed E-state index contributed by atoms with van der Waals surface area (Å²) in [6, 6.07) is 3.37. The summed E-state index contributed by atoms with van der Waals surface area (Å²) in [5, 5.41) is 8.94. The first-order valence-electron chi connectivity index (χ1n) is 8.02. The molecular formula is C17H17F2N5O3. The Kier molecular flexibility index (Phi) is 4.42. The van der Waals surface area contributed by atoms with Gasteiger partial charge in [-0.15, -0.1) is 0 Å². The first kappa shape index (κ1) is 18.5. The number of hydrogen-bond donors (Lipinski definition) is 2. The highest BCUT2D eigenvalue weighted by Crippen LogP contribution is 2.31. The van der Waals surface area contributed by atoms with Crippen molar-refractivity contribution in [3.63, 3.8) is 0 Å². The van der Waals surface area contributed by atoms with Gasteiger partial charge in [-0.3, -0.25) is 19.2 Å². The largest absolute Gasteiger partial charge is 0.325 e. The molecule has 10 heteroatoms. The van der Waals surface area contributed by atoms with Gasteiger partial charge < -0.3 is 10.6 Å². The van der Waals surface area contributed by atoms with E-state index in [1.165, 1.54) is 11.6 Å². The van der Waals surface area contributed by atoms with Crippen LogP contribution in [0.4, 0.5) is 19.4 Å². The third kappa shape index (κ3) is 3.25. The van der Waals surface area contributed by atoms with Crippen molar-refractivity contribution in [1.82, 2.24) is 20.0 Å². The van der Waals surface area contributed by atoms with Crippen LogP contribution >= 0.6 is 0 Å². The number of hydrogen-bond acceptors (Lipinski definition) is 4. The molecule has 142 valence electrons. The van der Waals surface area contributed by atoms with Gasteiger partial charge in [-0.25, -0.2) is 13.6 Å². The average Bonchev–Trinajstić information content (AvgIpc) is 3.00. The van der Waals surface area contributed by atoms with Gasteiger partial charge in [0.2, 0.25) is 5.91 Å². The number of anilines is 1. The zero-order valence-corrected chi connectivity index (χ0v) is 14.8. The predicted octanol–water partition coefficient (Wildman–Crippen LogP) is 1.41. The van der Waals surface area contributed by atoms with Gasteiger partial charge in [0, 0.05) is 18.7 Å². The minimum absolute atomic E-state index is 0.314. The second-order valence-corrected chi connectivity index (χ2v) is 6.41. The number of rotatable bonds is 4. The van der Waals surface area contributed by atoms with Crippen LogP contribution in [0.3, 0.4) is 0 Å². The number of benzene rings is 1. The van der Waals surface area contributed by atoms with E-state index in [2.05, 4.69) is 15.7 Å². The third-order valence-electron chi connectivity index (χ3n) is 4.31. The van der Waals surface area contributed by atoms with Crippen LogP contribution < -0.4 is 10.6 Å². The number of imide groups is 1. The minimum Gasteiger partial charge on any atom is -0.319 e. The van der Waals surface area contributed by atoms with Crippen LogP contribution in [0, 0.1) is 18.6 Å². The van der Waals surface area contributed by atoms with Crippen LogP contribution in [-0.2, 0) is 22.2 Å². The van der Waals surface area contributed by atoms with Crippen molar-refractivity contribution in [2.75, 3.05) is 11.9 Å². The molecule has 1 aliphatic heterocycles. The van der Waals surface area contributed by atoms with Gasteiger partial charge in [0.15, 0.2) is 0 Å². The van der Waals surface area contributed by atoms with E-state index in [1.54, 1.807) is 20.0 Å². The topological polar surface area (TPSA) is 96.3 Å².